The molecule has 33 heavy (non-hydrogen) atoms. The Kier molecular flexibility index (Phi) is 5.39. The van der Waals surface area contributed by atoms with E-state index >= 15 is 0 Å². The zero-order valence-electron chi connectivity index (χ0n) is 19.2. The van der Waals surface area contributed by atoms with Crippen molar-refractivity contribution in [2.24, 2.45) is 0 Å². The van der Waals surface area contributed by atoms with Crippen molar-refractivity contribution in [2.45, 2.75) is 26.2 Å². The van der Waals surface area contributed by atoms with Crippen LogP contribution in [0.25, 0.3) is 45.0 Å². The van der Waals surface area contributed by atoms with Crippen molar-refractivity contribution in [1.29, 1.82) is 0 Å². The highest BCUT2D eigenvalue weighted by molar-refractivity contribution is 5.74. The topological polar surface area (TPSA) is 41.6 Å². The Hall–Kier alpha value is -3.98. The lowest BCUT2D eigenvalue weighted by Gasteiger charge is -2.24. The van der Waals surface area contributed by atoms with E-state index in [2.05, 4.69) is 128 Å². The first-order valence-electron chi connectivity index (χ1n) is 11.3. The Labute approximate surface area is 195 Å². The maximum Gasteiger partial charge on any atom is 0.181 e. The zero-order chi connectivity index (χ0) is 22.8. The number of benzene rings is 4. The molecule has 0 aliphatic heterocycles. The fraction of sp³-hybridized carbons (Fsp3) is 0.133. The van der Waals surface area contributed by atoms with Crippen LogP contribution in [0.2, 0.25) is 0 Å². The van der Waals surface area contributed by atoms with Crippen molar-refractivity contribution >= 4 is 0 Å². The molecule has 0 aliphatic rings. The fourth-order valence-corrected chi connectivity index (χ4v) is 4.17. The van der Waals surface area contributed by atoms with E-state index in [0.29, 0.717) is 5.82 Å². The molecule has 1 heterocycles. The predicted molar refractivity (Wildman–Crippen MR) is 137 cm³/mol. The van der Waals surface area contributed by atoms with Crippen molar-refractivity contribution in [2.75, 3.05) is 0 Å². The molecule has 0 radical (unpaired) electrons. The van der Waals surface area contributed by atoms with Gasteiger partial charge in [0, 0.05) is 11.1 Å². The summed E-state index contributed by atoms with van der Waals surface area (Å²) in [6.07, 6.45) is 0. The van der Waals surface area contributed by atoms with Crippen LogP contribution >= 0.6 is 0 Å². The minimum Gasteiger partial charge on any atom is -0.259 e. The molecule has 0 amide bonds. The molecule has 1 aromatic heterocycles. The molecule has 0 spiro atoms. The number of aromatic nitrogens is 3. The molecule has 0 saturated carbocycles. The molecule has 0 bridgehead atoms. The average molecular weight is 430 g/mol. The molecular weight excluding hydrogens is 402 g/mol. The van der Waals surface area contributed by atoms with E-state index in [4.69, 9.17) is 4.98 Å². The molecule has 4 aromatic carbocycles. The Morgan fingerprint density at radius 3 is 1.91 bits per heavy atom. The number of hydrogen-bond donors (Lipinski definition) is 1. The van der Waals surface area contributed by atoms with E-state index in [-0.39, 0.29) is 5.41 Å². The molecule has 3 nitrogen and oxygen atoms in total. The van der Waals surface area contributed by atoms with E-state index in [9.17, 15) is 0 Å². The standard InChI is InChI=1S/C30H27N3/c1-30(2,3)27-20-25(17-18-26(27)22-13-8-5-9-14-22)29-31-28(32-33-29)24-16-10-15-23(19-24)21-11-6-4-7-12-21/h4-20H,1-3H3,(H,31,32,33). The van der Waals surface area contributed by atoms with Gasteiger partial charge in [-0.25, -0.2) is 4.98 Å². The van der Waals surface area contributed by atoms with Gasteiger partial charge in [0.25, 0.3) is 0 Å². The monoisotopic (exact) mass is 429 g/mol. The van der Waals surface area contributed by atoms with Crippen molar-refractivity contribution in [3.05, 3.63) is 109 Å². The van der Waals surface area contributed by atoms with Crippen molar-refractivity contribution in [3.63, 3.8) is 0 Å². The lowest BCUT2D eigenvalue weighted by Crippen LogP contribution is -2.13. The summed E-state index contributed by atoms with van der Waals surface area (Å²) in [6.45, 7) is 6.75. The smallest absolute Gasteiger partial charge is 0.181 e. The van der Waals surface area contributed by atoms with Gasteiger partial charge in [-0.15, -0.1) is 0 Å². The van der Waals surface area contributed by atoms with E-state index in [0.717, 1.165) is 22.5 Å². The molecule has 0 aliphatic carbocycles. The van der Waals surface area contributed by atoms with Crippen LogP contribution in [-0.2, 0) is 5.41 Å². The summed E-state index contributed by atoms with van der Waals surface area (Å²) >= 11 is 0. The summed E-state index contributed by atoms with van der Waals surface area (Å²) in [7, 11) is 0. The highest BCUT2D eigenvalue weighted by Gasteiger charge is 2.20. The molecule has 0 unspecified atom stereocenters. The van der Waals surface area contributed by atoms with Gasteiger partial charge in [-0.2, -0.15) is 5.10 Å². The first kappa shape index (κ1) is 20.9. The Balaban J connectivity index is 1.52. The van der Waals surface area contributed by atoms with Crippen LogP contribution in [0.1, 0.15) is 26.3 Å². The minimum absolute atomic E-state index is 0.00590. The van der Waals surface area contributed by atoms with E-state index in [1.165, 1.54) is 22.3 Å². The molecule has 5 aromatic rings. The number of rotatable bonds is 4. The lowest BCUT2D eigenvalue weighted by atomic mass is 9.81. The summed E-state index contributed by atoms with van der Waals surface area (Å²) in [4.78, 5) is 4.84. The van der Waals surface area contributed by atoms with Crippen LogP contribution in [0.4, 0.5) is 0 Å². The quantitative estimate of drug-likeness (QED) is 0.317. The third kappa shape index (κ3) is 4.35. The summed E-state index contributed by atoms with van der Waals surface area (Å²) in [5.74, 6) is 1.48. The second-order valence-corrected chi connectivity index (χ2v) is 9.33. The second kappa shape index (κ2) is 8.51. The molecular formula is C30H27N3. The maximum atomic E-state index is 4.84. The van der Waals surface area contributed by atoms with Crippen LogP contribution < -0.4 is 0 Å². The average Bonchev–Trinajstić information content (AvgIpc) is 3.35. The zero-order valence-corrected chi connectivity index (χ0v) is 19.2. The second-order valence-electron chi connectivity index (χ2n) is 9.33. The normalized spacial score (nSPS) is 11.5. The Morgan fingerprint density at radius 1 is 0.576 bits per heavy atom. The van der Waals surface area contributed by atoms with Crippen LogP contribution in [0, 0.1) is 0 Å². The fourth-order valence-electron chi connectivity index (χ4n) is 4.17. The Bertz CT molecular complexity index is 1380. The van der Waals surface area contributed by atoms with Crippen LogP contribution in [0.3, 0.4) is 0 Å². The predicted octanol–water partition coefficient (Wildman–Crippen LogP) is 7.77. The number of nitrogens with one attached hydrogen (secondary N) is 1. The van der Waals surface area contributed by atoms with Gasteiger partial charge in [0.05, 0.1) is 0 Å². The van der Waals surface area contributed by atoms with Gasteiger partial charge in [-0.3, -0.25) is 5.10 Å². The van der Waals surface area contributed by atoms with Crippen LogP contribution in [0.15, 0.2) is 103 Å². The molecule has 0 atom stereocenters. The SMILES string of the molecule is CC(C)(C)c1cc(-c2nc(-c3cccc(-c4ccccc4)c3)n[nH]2)ccc1-c1ccccc1. The first-order chi connectivity index (χ1) is 16.0. The van der Waals surface area contributed by atoms with E-state index in [1.54, 1.807) is 0 Å². The van der Waals surface area contributed by atoms with Gasteiger partial charge in [-0.1, -0.05) is 112 Å². The molecule has 162 valence electrons. The molecule has 0 saturated heterocycles. The van der Waals surface area contributed by atoms with Gasteiger partial charge >= 0.3 is 0 Å². The summed E-state index contributed by atoms with van der Waals surface area (Å²) in [6, 6.07) is 35.9. The first-order valence-corrected chi connectivity index (χ1v) is 11.3. The van der Waals surface area contributed by atoms with Crippen molar-refractivity contribution < 1.29 is 0 Å². The third-order valence-corrected chi connectivity index (χ3v) is 5.90. The molecule has 5 rings (SSSR count). The number of nitrogens with zero attached hydrogens (tertiary/aromatic N) is 2. The highest BCUT2D eigenvalue weighted by Crippen LogP contribution is 2.36. The van der Waals surface area contributed by atoms with Gasteiger partial charge in [0.15, 0.2) is 11.6 Å². The van der Waals surface area contributed by atoms with Gasteiger partial charge in [0.1, 0.15) is 0 Å². The summed E-state index contributed by atoms with van der Waals surface area (Å²) in [5, 5.41) is 7.69. The number of aromatic amines is 1. The summed E-state index contributed by atoms with van der Waals surface area (Å²) in [5.41, 5.74) is 8.13. The summed E-state index contributed by atoms with van der Waals surface area (Å²) < 4.78 is 0. The maximum absolute atomic E-state index is 4.84. The minimum atomic E-state index is -0.00590. The largest absolute Gasteiger partial charge is 0.259 e. The lowest BCUT2D eigenvalue weighted by molar-refractivity contribution is 0.592. The molecule has 0 fully saturated rings. The van der Waals surface area contributed by atoms with Crippen molar-refractivity contribution in [3.8, 4) is 45.0 Å². The van der Waals surface area contributed by atoms with Crippen LogP contribution in [0.5, 0.6) is 0 Å². The van der Waals surface area contributed by atoms with Gasteiger partial charge in [-0.05, 0) is 45.4 Å². The molecule has 1 N–H and O–H groups in total. The van der Waals surface area contributed by atoms with Crippen molar-refractivity contribution in [1.82, 2.24) is 15.2 Å². The number of H-pyrrole nitrogens is 1. The highest BCUT2D eigenvalue weighted by atomic mass is 15.2. The van der Waals surface area contributed by atoms with E-state index < -0.39 is 0 Å². The van der Waals surface area contributed by atoms with E-state index in [1.807, 2.05) is 6.07 Å². The van der Waals surface area contributed by atoms with Gasteiger partial charge < -0.3 is 0 Å². The molecule has 3 heteroatoms. The van der Waals surface area contributed by atoms with Crippen LogP contribution in [-0.4, -0.2) is 15.2 Å². The third-order valence-electron chi connectivity index (χ3n) is 5.90. The van der Waals surface area contributed by atoms with Gasteiger partial charge in [0.2, 0.25) is 0 Å². The number of hydrogen-bond acceptors (Lipinski definition) is 2. The Morgan fingerprint density at radius 2 is 1.21 bits per heavy atom.